The highest BCUT2D eigenvalue weighted by Crippen LogP contribution is 2.30. The van der Waals surface area contributed by atoms with Crippen molar-refractivity contribution in [1.29, 1.82) is 0 Å². The smallest absolute Gasteiger partial charge is 0.119 e. The summed E-state index contributed by atoms with van der Waals surface area (Å²) in [5.74, 6) is 1.59. The highest BCUT2D eigenvalue weighted by atomic mass is 16.5. The van der Waals surface area contributed by atoms with Crippen molar-refractivity contribution < 1.29 is 4.74 Å². The first-order valence-corrected chi connectivity index (χ1v) is 6.21. The average molecular weight is 219 g/mol. The summed E-state index contributed by atoms with van der Waals surface area (Å²) in [6, 6.07) is 7.07. The van der Waals surface area contributed by atoms with E-state index < -0.39 is 0 Å². The Morgan fingerprint density at radius 2 is 2.19 bits per heavy atom. The highest BCUT2D eigenvalue weighted by molar-refractivity contribution is 5.39. The molecule has 0 radical (unpaired) electrons. The van der Waals surface area contributed by atoms with Gasteiger partial charge in [-0.1, -0.05) is 19.9 Å². The molecule has 2 heteroatoms. The summed E-state index contributed by atoms with van der Waals surface area (Å²) in [6.07, 6.45) is 1.06. The van der Waals surface area contributed by atoms with Crippen LogP contribution >= 0.6 is 0 Å². The molecule has 1 heterocycles. The molecule has 16 heavy (non-hydrogen) atoms. The molecule has 2 atom stereocenters. The molecule has 1 aromatic carbocycles. The third kappa shape index (κ3) is 2.22. The Hall–Kier alpha value is -1.02. The van der Waals surface area contributed by atoms with Crippen LogP contribution in [0.25, 0.3) is 0 Å². The molecule has 0 amide bonds. The van der Waals surface area contributed by atoms with Gasteiger partial charge in [-0.15, -0.1) is 0 Å². The second-order valence-corrected chi connectivity index (χ2v) is 4.67. The van der Waals surface area contributed by atoms with E-state index >= 15 is 0 Å². The maximum Gasteiger partial charge on any atom is 0.119 e. The molecule has 0 saturated heterocycles. The molecule has 1 aliphatic heterocycles. The third-order valence-electron chi connectivity index (χ3n) is 3.44. The minimum Gasteiger partial charge on any atom is -0.494 e. The molecule has 0 aliphatic carbocycles. The van der Waals surface area contributed by atoms with Gasteiger partial charge < -0.3 is 10.1 Å². The van der Waals surface area contributed by atoms with Crippen LogP contribution in [0.3, 0.4) is 0 Å². The van der Waals surface area contributed by atoms with Gasteiger partial charge in [0.2, 0.25) is 0 Å². The average Bonchev–Trinajstić information content (AvgIpc) is 2.31. The molecule has 0 spiro atoms. The predicted molar refractivity (Wildman–Crippen MR) is 66.9 cm³/mol. The fourth-order valence-corrected chi connectivity index (χ4v) is 2.21. The van der Waals surface area contributed by atoms with E-state index in [1.807, 2.05) is 0 Å². The molecule has 0 bridgehead atoms. The summed E-state index contributed by atoms with van der Waals surface area (Å²) in [6.45, 7) is 8.42. The molecule has 88 valence electrons. The molecule has 2 unspecified atom stereocenters. The van der Waals surface area contributed by atoms with E-state index in [0.29, 0.717) is 12.0 Å². The van der Waals surface area contributed by atoms with Gasteiger partial charge in [0.25, 0.3) is 0 Å². The van der Waals surface area contributed by atoms with Crippen molar-refractivity contribution in [3.63, 3.8) is 0 Å². The van der Waals surface area contributed by atoms with Crippen molar-refractivity contribution in [1.82, 2.24) is 5.32 Å². The second-order valence-electron chi connectivity index (χ2n) is 4.67. The standard InChI is InChI=1S/C14H21NO/c1-4-7-16-13-5-6-14-10(2)11(3)15-9-12(14)8-13/h5-6,8,10-11,15H,4,7,9H2,1-3H3. The van der Waals surface area contributed by atoms with Gasteiger partial charge in [0.05, 0.1) is 6.61 Å². The molecule has 0 fully saturated rings. The fraction of sp³-hybridized carbons (Fsp3) is 0.571. The summed E-state index contributed by atoms with van der Waals surface area (Å²) >= 11 is 0. The Labute approximate surface area is 98.0 Å². The number of fused-ring (bicyclic) bond motifs is 1. The van der Waals surface area contributed by atoms with E-state index in [1.54, 1.807) is 0 Å². The van der Waals surface area contributed by atoms with E-state index in [9.17, 15) is 0 Å². The Morgan fingerprint density at radius 1 is 1.38 bits per heavy atom. The van der Waals surface area contributed by atoms with Crippen LogP contribution in [0.15, 0.2) is 18.2 Å². The Kier molecular flexibility index (Phi) is 3.49. The number of benzene rings is 1. The van der Waals surface area contributed by atoms with Gasteiger partial charge in [-0.2, -0.15) is 0 Å². The van der Waals surface area contributed by atoms with Gasteiger partial charge in [0.15, 0.2) is 0 Å². The minimum atomic E-state index is 0.565. The molecular formula is C14H21NO. The lowest BCUT2D eigenvalue weighted by molar-refractivity contribution is 0.316. The SMILES string of the molecule is CCCOc1ccc2c(c1)CNC(C)C2C. The zero-order valence-corrected chi connectivity index (χ0v) is 10.4. The van der Waals surface area contributed by atoms with Gasteiger partial charge in [-0.25, -0.2) is 0 Å². The molecule has 2 rings (SSSR count). The lowest BCUT2D eigenvalue weighted by atomic mass is 9.87. The molecule has 0 aromatic heterocycles. The van der Waals surface area contributed by atoms with Crippen LogP contribution in [0.1, 0.15) is 44.2 Å². The first kappa shape index (κ1) is 11.5. The van der Waals surface area contributed by atoms with E-state index in [2.05, 4.69) is 44.3 Å². The van der Waals surface area contributed by atoms with Gasteiger partial charge in [0, 0.05) is 12.6 Å². The van der Waals surface area contributed by atoms with E-state index in [1.165, 1.54) is 11.1 Å². The summed E-state index contributed by atoms with van der Waals surface area (Å²) in [5, 5.41) is 3.52. The fourth-order valence-electron chi connectivity index (χ4n) is 2.21. The van der Waals surface area contributed by atoms with Gasteiger partial charge in [-0.3, -0.25) is 0 Å². The number of hydrogen-bond donors (Lipinski definition) is 1. The number of rotatable bonds is 3. The molecule has 2 nitrogen and oxygen atoms in total. The number of nitrogens with one attached hydrogen (secondary N) is 1. The summed E-state index contributed by atoms with van der Waals surface area (Å²) in [5.41, 5.74) is 2.86. The zero-order valence-electron chi connectivity index (χ0n) is 10.4. The Bertz CT molecular complexity index is 362. The Morgan fingerprint density at radius 3 is 2.94 bits per heavy atom. The van der Waals surface area contributed by atoms with Gasteiger partial charge in [-0.05, 0) is 42.5 Å². The van der Waals surface area contributed by atoms with Crippen LogP contribution in [0, 0.1) is 0 Å². The quantitative estimate of drug-likeness (QED) is 0.843. The number of hydrogen-bond acceptors (Lipinski definition) is 2. The lowest BCUT2D eigenvalue weighted by Crippen LogP contribution is -2.35. The molecule has 1 N–H and O–H groups in total. The Balaban J connectivity index is 2.19. The van der Waals surface area contributed by atoms with Crippen molar-refractivity contribution in [2.75, 3.05) is 6.61 Å². The normalized spacial score (nSPS) is 23.9. The predicted octanol–water partition coefficient (Wildman–Crippen LogP) is 3.07. The number of ether oxygens (including phenoxy) is 1. The van der Waals surface area contributed by atoms with E-state index in [-0.39, 0.29) is 0 Å². The first-order valence-electron chi connectivity index (χ1n) is 6.21. The lowest BCUT2D eigenvalue weighted by Gasteiger charge is -2.30. The maximum absolute atomic E-state index is 5.66. The molecule has 0 saturated carbocycles. The van der Waals surface area contributed by atoms with Crippen LogP contribution in [0.4, 0.5) is 0 Å². The van der Waals surface area contributed by atoms with Crippen molar-refractivity contribution in [3.8, 4) is 5.75 Å². The largest absolute Gasteiger partial charge is 0.494 e. The monoisotopic (exact) mass is 219 g/mol. The van der Waals surface area contributed by atoms with E-state index in [0.717, 1.165) is 25.3 Å². The molecule has 1 aliphatic rings. The maximum atomic E-state index is 5.66. The van der Waals surface area contributed by atoms with Crippen LogP contribution < -0.4 is 10.1 Å². The molecular weight excluding hydrogens is 198 g/mol. The topological polar surface area (TPSA) is 21.3 Å². The van der Waals surface area contributed by atoms with Crippen molar-refractivity contribution in [3.05, 3.63) is 29.3 Å². The minimum absolute atomic E-state index is 0.565. The summed E-state index contributed by atoms with van der Waals surface area (Å²) in [7, 11) is 0. The van der Waals surface area contributed by atoms with Gasteiger partial charge >= 0.3 is 0 Å². The third-order valence-corrected chi connectivity index (χ3v) is 3.44. The molecule has 1 aromatic rings. The second kappa shape index (κ2) is 4.88. The van der Waals surface area contributed by atoms with Crippen LogP contribution in [0.5, 0.6) is 5.75 Å². The van der Waals surface area contributed by atoms with Crippen LogP contribution in [-0.4, -0.2) is 12.6 Å². The highest BCUT2D eigenvalue weighted by Gasteiger charge is 2.22. The summed E-state index contributed by atoms with van der Waals surface area (Å²) in [4.78, 5) is 0. The van der Waals surface area contributed by atoms with Gasteiger partial charge in [0.1, 0.15) is 5.75 Å². The van der Waals surface area contributed by atoms with Crippen molar-refractivity contribution in [2.24, 2.45) is 0 Å². The summed E-state index contributed by atoms with van der Waals surface area (Å²) < 4.78 is 5.66. The van der Waals surface area contributed by atoms with Crippen LogP contribution in [0.2, 0.25) is 0 Å². The first-order chi connectivity index (χ1) is 7.72. The van der Waals surface area contributed by atoms with Crippen molar-refractivity contribution >= 4 is 0 Å². The van der Waals surface area contributed by atoms with Crippen molar-refractivity contribution in [2.45, 2.75) is 45.7 Å². The van der Waals surface area contributed by atoms with Crippen LogP contribution in [-0.2, 0) is 6.54 Å². The zero-order chi connectivity index (χ0) is 11.5. The van der Waals surface area contributed by atoms with E-state index in [4.69, 9.17) is 4.74 Å².